The highest BCUT2D eigenvalue weighted by molar-refractivity contribution is 5.94. The largest absolute Gasteiger partial charge is 0.497 e. The van der Waals surface area contributed by atoms with Crippen molar-refractivity contribution in [3.63, 3.8) is 0 Å². The van der Waals surface area contributed by atoms with Gasteiger partial charge in [-0.3, -0.25) is 9.59 Å². The van der Waals surface area contributed by atoms with Crippen LogP contribution in [0.15, 0.2) is 24.3 Å². The lowest BCUT2D eigenvalue weighted by Crippen LogP contribution is -2.42. The number of benzene rings is 1. The second-order valence-electron chi connectivity index (χ2n) is 4.66. The van der Waals surface area contributed by atoms with Gasteiger partial charge in [-0.1, -0.05) is 0 Å². The summed E-state index contributed by atoms with van der Waals surface area (Å²) in [6.07, 6.45) is 1.38. The van der Waals surface area contributed by atoms with Gasteiger partial charge in [-0.05, 0) is 37.1 Å². The first-order valence-corrected chi connectivity index (χ1v) is 6.28. The van der Waals surface area contributed by atoms with E-state index in [-0.39, 0.29) is 5.91 Å². The SMILES string of the molecule is COc1ccc(C(=O)N2CCCC(C(=O)O)C2)cc1. The van der Waals surface area contributed by atoms with Crippen molar-refractivity contribution in [1.82, 2.24) is 4.90 Å². The molecule has 0 spiro atoms. The number of ether oxygens (including phenoxy) is 1. The van der Waals surface area contributed by atoms with Gasteiger partial charge in [0.2, 0.25) is 0 Å². The number of hydrogen-bond acceptors (Lipinski definition) is 3. The minimum atomic E-state index is -0.827. The summed E-state index contributed by atoms with van der Waals surface area (Å²) in [6, 6.07) is 6.86. The van der Waals surface area contributed by atoms with E-state index in [9.17, 15) is 9.59 Å². The van der Waals surface area contributed by atoms with E-state index >= 15 is 0 Å². The number of likely N-dealkylation sites (tertiary alicyclic amines) is 1. The predicted octanol–water partition coefficient (Wildman–Crippen LogP) is 1.63. The van der Waals surface area contributed by atoms with Crippen molar-refractivity contribution in [3.8, 4) is 5.75 Å². The van der Waals surface area contributed by atoms with Crippen LogP contribution in [0.25, 0.3) is 0 Å². The Kier molecular flexibility index (Phi) is 4.04. The average Bonchev–Trinajstić information content (AvgIpc) is 2.46. The number of carbonyl (C=O) groups is 2. The van der Waals surface area contributed by atoms with Crippen LogP contribution in [-0.4, -0.2) is 42.1 Å². The Hall–Kier alpha value is -2.04. The minimum absolute atomic E-state index is 0.117. The van der Waals surface area contributed by atoms with Crippen LogP contribution in [0.2, 0.25) is 0 Å². The standard InChI is InChI=1S/C14H17NO4/c1-19-12-6-4-10(5-7-12)13(16)15-8-2-3-11(9-15)14(17)18/h4-7,11H,2-3,8-9H2,1H3,(H,17,18). The molecule has 1 aliphatic rings. The number of rotatable bonds is 3. The van der Waals surface area contributed by atoms with Gasteiger partial charge in [0.25, 0.3) is 5.91 Å². The van der Waals surface area contributed by atoms with Crippen LogP contribution >= 0.6 is 0 Å². The van der Waals surface area contributed by atoms with E-state index in [1.165, 1.54) is 0 Å². The first kappa shape index (κ1) is 13.4. The third-order valence-electron chi connectivity index (χ3n) is 3.39. The van der Waals surface area contributed by atoms with Gasteiger partial charge < -0.3 is 14.7 Å². The first-order chi connectivity index (χ1) is 9.11. The molecule has 19 heavy (non-hydrogen) atoms. The number of aliphatic carboxylic acids is 1. The molecule has 5 nitrogen and oxygen atoms in total. The molecule has 0 bridgehead atoms. The topological polar surface area (TPSA) is 66.8 Å². The third kappa shape index (κ3) is 3.05. The molecule has 1 aliphatic heterocycles. The first-order valence-electron chi connectivity index (χ1n) is 6.28. The van der Waals surface area contributed by atoms with Crippen LogP contribution in [0.1, 0.15) is 23.2 Å². The van der Waals surface area contributed by atoms with Gasteiger partial charge in [0.15, 0.2) is 0 Å². The molecule has 1 amide bonds. The summed E-state index contributed by atoms with van der Waals surface area (Å²) in [5.74, 6) is -0.699. The smallest absolute Gasteiger partial charge is 0.308 e. The number of nitrogens with zero attached hydrogens (tertiary/aromatic N) is 1. The Bertz CT molecular complexity index is 469. The molecule has 1 aromatic carbocycles. The van der Waals surface area contributed by atoms with E-state index in [0.717, 1.165) is 6.42 Å². The molecule has 0 aliphatic carbocycles. The van der Waals surface area contributed by atoms with E-state index in [2.05, 4.69) is 0 Å². The van der Waals surface area contributed by atoms with Crippen LogP contribution in [0.4, 0.5) is 0 Å². The lowest BCUT2D eigenvalue weighted by Gasteiger charge is -2.30. The number of piperidine rings is 1. The summed E-state index contributed by atoms with van der Waals surface area (Å²) in [7, 11) is 1.57. The van der Waals surface area contributed by atoms with Gasteiger partial charge in [0, 0.05) is 18.7 Å². The molecule has 1 atom stereocenters. The molecule has 2 rings (SSSR count). The minimum Gasteiger partial charge on any atom is -0.497 e. The molecular formula is C14H17NO4. The Labute approximate surface area is 111 Å². The molecule has 0 aromatic heterocycles. The number of carboxylic acids is 1. The highest BCUT2D eigenvalue weighted by Gasteiger charge is 2.28. The molecule has 0 saturated carbocycles. The number of carbonyl (C=O) groups excluding carboxylic acids is 1. The quantitative estimate of drug-likeness (QED) is 0.900. The molecule has 1 saturated heterocycles. The summed E-state index contributed by atoms with van der Waals surface area (Å²) < 4.78 is 5.04. The van der Waals surface area contributed by atoms with Crippen molar-refractivity contribution < 1.29 is 19.4 Å². The molecular weight excluding hydrogens is 246 g/mol. The maximum absolute atomic E-state index is 12.3. The van der Waals surface area contributed by atoms with Crippen molar-refractivity contribution in [1.29, 1.82) is 0 Å². The molecule has 1 aromatic rings. The van der Waals surface area contributed by atoms with E-state index in [0.29, 0.717) is 30.8 Å². The van der Waals surface area contributed by atoms with E-state index in [1.807, 2.05) is 0 Å². The Morgan fingerprint density at radius 2 is 2.00 bits per heavy atom. The Balaban J connectivity index is 2.07. The van der Waals surface area contributed by atoms with E-state index < -0.39 is 11.9 Å². The molecule has 1 heterocycles. The van der Waals surface area contributed by atoms with E-state index in [1.54, 1.807) is 36.3 Å². The molecule has 102 valence electrons. The molecule has 5 heteroatoms. The summed E-state index contributed by atoms with van der Waals surface area (Å²) in [4.78, 5) is 24.9. The molecule has 1 fully saturated rings. The fourth-order valence-corrected chi connectivity index (χ4v) is 2.28. The lowest BCUT2D eigenvalue weighted by atomic mass is 9.97. The van der Waals surface area contributed by atoms with Gasteiger partial charge in [0.1, 0.15) is 5.75 Å². The van der Waals surface area contributed by atoms with Crippen LogP contribution in [0.5, 0.6) is 5.75 Å². The van der Waals surface area contributed by atoms with Crippen LogP contribution < -0.4 is 4.74 Å². The predicted molar refractivity (Wildman–Crippen MR) is 69.3 cm³/mol. The fraction of sp³-hybridized carbons (Fsp3) is 0.429. The van der Waals surface area contributed by atoms with Gasteiger partial charge in [0.05, 0.1) is 13.0 Å². The summed E-state index contributed by atoms with van der Waals surface area (Å²) in [6.45, 7) is 0.912. The zero-order valence-corrected chi connectivity index (χ0v) is 10.8. The van der Waals surface area contributed by atoms with Gasteiger partial charge in [-0.25, -0.2) is 0 Å². The number of methoxy groups -OCH3 is 1. The number of amides is 1. The van der Waals surface area contributed by atoms with Gasteiger partial charge in [-0.2, -0.15) is 0 Å². The van der Waals surface area contributed by atoms with Gasteiger partial charge in [-0.15, -0.1) is 0 Å². The Morgan fingerprint density at radius 3 is 2.58 bits per heavy atom. The second-order valence-corrected chi connectivity index (χ2v) is 4.66. The lowest BCUT2D eigenvalue weighted by molar-refractivity contribution is -0.143. The monoisotopic (exact) mass is 263 g/mol. The van der Waals surface area contributed by atoms with Crippen LogP contribution in [0, 0.1) is 5.92 Å². The van der Waals surface area contributed by atoms with Crippen molar-refractivity contribution in [2.75, 3.05) is 20.2 Å². The molecule has 0 radical (unpaired) electrons. The van der Waals surface area contributed by atoms with Crippen molar-refractivity contribution >= 4 is 11.9 Å². The van der Waals surface area contributed by atoms with Crippen molar-refractivity contribution in [3.05, 3.63) is 29.8 Å². The Morgan fingerprint density at radius 1 is 1.32 bits per heavy atom. The normalized spacial score (nSPS) is 19.0. The van der Waals surface area contributed by atoms with Crippen LogP contribution in [0.3, 0.4) is 0 Å². The maximum atomic E-state index is 12.3. The average molecular weight is 263 g/mol. The summed E-state index contributed by atoms with van der Waals surface area (Å²) >= 11 is 0. The summed E-state index contributed by atoms with van der Waals surface area (Å²) in [5, 5.41) is 9.02. The van der Waals surface area contributed by atoms with Crippen molar-refractivity contribution in [2.24, 2.45) is 5.92 Å². The number of carboxylic acid groups (broad SMARTS) is 1. The third-order valence-corrected chi connectivity index (χ3v) is 3.39. The summed E-state index contributed by atoms with van der Waals surface area (Å²) in [5.41, 5.74) is 0.562. The zero-order chi connectivity index (χ0) is 13.8. The second kappa shape index (κ2) is 5.73. The molecule has 1 N–H and O–H groups in total. The fourth-order valence-electron chi connectivity index (χ4n) is 2.28. The highest BCUT2D eigenvalue weighted by Crippen LogP contribution is 2.20. The van der Waals surface area contributed by atoms with Crippen molar-refractivity contribution in [2.45, 2.75) is 12.8 Å². The van der Waals surface area contributed by atoms with Crippen LogP contribution in [-0.2, 0) is 4.79 Å². The van der Waals surface area contributed by atoms with E-state index in [4.69, 9.17) is 9.84 Å². The van der Waals surface area contributed by atoms with Gasteiger partial charge >= 0.3 is 5.97 Å². The number of hydrogen-bond donors (Lipinski definition) is 1. The zero-order valence-electron chi connectivity index (χ0n) is 10.8. The maximum Gasteiger partial charge on any atom is 0.308 e. The molecule has 1 unspecified atom stereocenters. The highest BCUT2D eigenvalue weighted by atomic mass is 16.5.